The Morgan fingerprint density at radius 2 is 1.50 bits per heavy atom. The Bertz CT molecular complexity index is 1770. The van der Waals surface area contributed by atoms with E-state index in [1.54, 1.807) is 61.0 Å². The number of rotatable bonds is 15. The second kappa shape index (κ2) is 15.5. The summed E-state index contributed by atoms with van der Waals surface area (Å²) in [7, 11) is 9.43. The molecule has 13 heteroatoms. The maximum Gasteiger partial charge on any atom is 0.256 e. The van der Waals surface area contributed by atoms with Crippen molar-refractivity contribution in [3.05, 3.63) is 41.5 Å². The van der Waals surface area contributed by atoms with Gasteiger partial charge in [-0.05, 0) is 49.9 Å². The van der Waals surface area contributed by atoms with E-state index < -0.39 is 0 Å². The Morgan fingerprint density at radius 3 is 2.18 bits per heavy atom. The number of hydrogen-bond acceptors (Lipinski definition) is 12. The topological polar surface area (TPSA) is 128 Å². The molecule has 2 atom stereocenters. The van der Waals surface area contributed by atoms with Crippen LogP contribution in [0.5, 0.6) is 46.0 Å². The summed E-state index contributed by atoms with van der Waals surface area (Å²) in [5, 5.41) is 4.01. The van der Waals surface area contributed by atoms with Gasteiger partial charge in [0.05, 0.1) is 73.2 Å². The number of unbranched alkanes of at least 4 members (excludes halogenated alkanes) is 1. The van der Waals surface area contributed by atoms with Crippen LogP contribution in [0.4, 0.5) is 5.69 Å². The lowest BCUT2D eigenvalue weighted by molar-refractivity contribution is 0.0774. The van der Waals surface area contributed by atoms with Gasteiger partial charge in [-0.25, -0.2) is 0 Å². The third-order valence-electron chi connectivity index (χ3n) is 9.06. The van der Waals surface area contributed by atoms with Crippen LogP contribution in [0.25, 0.3) is 11.1 Å². The van der Waals surface area contributed by atoms with Gasteiger partial charge in [-0.1, -0.05) is 5.16 Å². The van der Waals surface area contributed by atoms with E-state index in [1.807, 2.05) is 29.3 Å². The van der Waals surface area contributed by atoms with E-state index in [-0.39, 0.29) is 18.1 Å². The van der Waals surface area contributed by atoms with Crippen LogP contribution in [0.1, 0.15) is 54.1 Å². The van der Waals surface area contributed by atoms with Gasteiger partial charge in [0.15, 0.2) is 40.6 Å². The smallest absolute Gasteiger partial charge is 0.256 e. The van der Waals surface area contributed by atoms with Crippen molar-refractivity contribution in [2.24, 2.45) is 10.1 Å². The fourth-order valence-electron chi connectivity index (χ4n) is 6.61. The number of aliphatic imine (C=N–C) groups is 1. The van der Waals surface area contributed by atoms with Crippen LogP contribution >= 0.6 is 0 Å². The molecule has 0 aromatic heterocycles. The zero-order valence-corrected chi connectivity index (χ0v) is 29.3. The fourth-order valence-corrected chi connectivity index (χ4v) is 6.61. The van der Waals surface area contributed by atoms with E-state index in [1.165, 1.54) is 0 Å². The minimum absolute atomic E-state index is 0.0286. The van der Waals surface area contributed by atoms with Gasteiger partial charge in [0, 0.05) is 48.2 Å². The van der Waals surface area contributed by atoms with Gasteiger partial charge >= 0.3 is 0 Å². The lowest BCUT2D eigenvalue weighted by Gasteiger charge is -2.24. The molecular weight excluding hydrogens is 646 g/mol. The molecular formula is C37H43N3O10. The molecule has 50 heavy (non-hydrogen) atoms. The van der Waals surface area contributed by atoms with Crippen molar-refractivity contribution in [2.75, 3.05) is 62.4 Å². The van der Waals surface area contributed by atoms with E-state index in [9.17, 15) is 4.79 Å². The molecule has 13 nitrogen and oxygen atoms in total. The highest BCUT2D eigenvalue weighted by Crippen LogP contribution is 2.54. The molecule has 266 valence electrons. The quantitative estimate of drug-likeness (QED) is 0.165. The van der Waals surface area contributed by atoms with Crippen molar-refractivity contribution in [1.82, 2.24) is 4.90 Å². The van der Waals surface area contributed by atoms with Crippen LogP contribution in [0.3, 0.4) is 0 Å². The summed E-state index contributed by atoms with van der Waals surface area (Å²) in [6.45, 7) is 1.47. The minimum Gasteiger partial charge on any atom is -0.493 e. The number of ether oxygens (including phenoxy) is 8. The SMILES string of the molecule is COc1cc2c(cc1OCCCCOc1c(OC)cc(C3CC=NO3)c(-c3ccc(OC)c(OC)c3OC)c1OC)N=C[C@@H]1CCCN1C2=O. The molecule has 1 saturated heterocycles. The molecule has 3 aromatic carbocycles. The van der Waals surface area contributed by atoms with E-state index in [2.05, 4.69) is 10.1 Å². The summed E-state index contributed by atoms with van der Waals surface area (Å²) >= 11 is 0. The lowest BCUT2D eigenvalue weighted by atomic mass is 9.92. The number of carbonyl (C=O) groups excluding carboxylic acids is 1. The van der Waals surface area contributed by atoms with Crippen LogP contribution in [0.2, 0.25) is 0 Å². The van der Waals surface area contributed by atoms with Crippen molar-refractivity contribution in [3.63, 3.8) is 0 Å². The molecule has 3 aliphatic rings. The standard InChI is InChI=1S/C37H43N3O10/c1-42-28-12-11-23(33(45-4)34(28)46-5)32-25(27-13-14-39-50-27)19-31(44-3)35(36(32)47-6)49-17-8-7-16-48-30-20-26-24(18-29(30)43-2)37(41)40-15-9-10-22(40)21-38-26/h11-12,14,18-22,27H,7-10,13,15-17H2,1-6H3/t22-,27?/m0/s1. The van der Waals surface area contributed by atoms with Gasteiger partial charge in [0.1, 0.15) is 0 Å². The van der Waals surface area contributed by atoms with Gasteiger partial charge in [-0.2, -0.15) is 0 Å². The first-order valence-corrected chi connectivity index (χ1v) is 16.6. The molecule has 1 fully saturated rings. The highest BCUT2D eigenvalue weighted by molar-refractivity contribution is 6.03. The van der Waals surface area contributed by atoms with Gasteiger partial charge < -0.3 is 47.6 Å². The fraction of sp³-hybridized carbons (Fsp3) is 0.432. The molecule has 3 heterocycles. The van der Waals surface area contributed by atoms with E-state index in [0.717, 1.165) is 24.9 Å². The molecule has 3 aromatic rings. The Balaban J connectivity index is 1.21. The lowest BCUT2D eigenvalue weighted by Crippen LogP contribution is -2.35. The average Bonchev–Trinajstić information content (AvgIpc) is 3.85. The summed E-state index contributed by atoms with van der Waals surface area (Å²) in [6, 6.07) is 9.11. The molecule has 0 saturated carbocycles. The number of nitrogens with zero attached hydrogens (tertiary/aromatic N) is 3. The number of carbonyl (C=O) groups is 1. The van der Waals surface area contributed by atoms with E-state index >= 15 is 0 Å². The predicted octanol–water partition coefficient (Wildman–Crippen LogP) is 6.41. The summed E-state index contributed by atoms with van der Waals surface area (Å²) in [5.74, 6) is 3.77. The number of fused-ring (bicyclic) bond motifs is 2. The molecule has 3 aliphatic heterocycles. The highest BCUT2D eigenvalue weighted by atomic mass is 16.6. The van der Waals surface area contributed by atoms with Gasteiger partial charge in [-0.15, -0.1) is 0 Å². The van der Waals surface area contributed by atoms with E-state index in [4.69, 9.17) is 42.7 Å². The molecule has 0 N–H and O–H groups in total. The molecule has 0 bridgehead atoms. The predicted molar refractivity (Wildman–Crippen MR) is 187 cm³/mol. The van der Waals surface area contributed by atoms with Crippen LogP contribution in [0, 0.1) is 0 Å². The number of hydrogen-bond donors (Lipinski definition) is 0. The molecule has 1 amide bonds. The summed E-state index contributed by atoms with van der Waals surface area (Å²) < 4.78 is 47.0. The largest absolute Gasteiger partial charge is 0.493 e. The number of benzene rings is 3. The van der Waals surface area contributed by atoms with Crippen LogP contribution in [-0.4, -0.2) is 91.7 Å². The average molecular weight is 690 g/mol. The second-order valence-electron chi connectivity index (χ2n) is 11.8. The van der Waals surface area contributed by atoms with Crippen LogP contribution in [0.15, 0.2) is 40.5 Å². The third kappa shape index (κ3) is 6.51. The zero-order valence-electron chi connectivity index (χ0n) is 29.3. The normalized spacial score (nSPS) is 17.4. The first-order chi connectivity index (χ1) is 24.5. The van der Waals surface area contributed by atoms with Crippen molar-refractivity contribution in [3.8, 4) is 57.1 Å². The number of oxime groups is 1. The Hall–Kier alpha value is -5.33. The van der Waals surface area contributed by atoms with Gasteiger partial charge in [0.2, 0.25) is 11.5 Å². The number of amides is 1. The van der Waals surface area contributed by atoms with Crippen molar-refractivity contribution >= 4 is 24.0 Å². The molecule has 0 spiro atoms. The first kappa shape index (κ1) is 34.5. The highest BCUT2D eigenvalue weighted by Gasteiger charge is 2.34. The second-order valence-corrected chi connectivity index (χ2v) is 11.8. The van der Waals surface area contributed by atoms with Crippen molar-refractivity contribution in [2.45, 2.75) is 44.2 Å². The van der Waals surface area contributed by atoms with Gasteiger partial charge in [-0.3, -0.25) is 9.79 Å². The maximum atomic E-state index is 13.2. The summed E-state index contributed by atoms with van der Waals surface area (Å²) in [5.41, 5.74) is 3.27. The monoisotopic (exact) mass is 689 g/mol. The van der Waals surface area contributed by atoms with Crippen LogP contribution < -0.4 is 37.9 Å². The van der Waals surface area contributed by atoms with E-state index in [0.29, 0.717) is 101 Å². The molecule has 6 rings (SSSR count). The third-order valence-corrected chi connectivity index (χ3v) is 9.06. The maximum absolute atomic E-state index is 13.2. The van der Waals surface area contributed by atoms with Crippen molar-refractivity contribution in [1.29, 1.82) is 0 Å². The van der Waals surface area contributed by atoms with Crippen molar-refractivity contribution < 1.29 is 47.5 Å². The molecule has 0 aliphatic carbocycles. The minimum atomic E-state index is -0.386. The Kier molecular flexibility index (Phi) is 10.7. The Labute approximate surface area is 291 Å². The van der Waals surface area contributed by atoms with Crippen LogP contribution in [-0.2, 0) is 4.84 Å². The number of methoxy groups -OCH3 is 6. The summed E-state index contributed by atoms with van der Waals surface area (Å²) in [6.07, 6.45) is 6.98. The summed E-state index contributed by atoms with van der Waals surface area (Å²) in [4.78, 5) is 25.4. The van der Waals surface area contributed by atoms with Gasteiger partial charge in [0.25, 0.3) is 5.91 Å². The Morgan fingerprint density at radius 1 is 0.760 bits per heavy atom. The molecule has 1 unspecified atom stereocenters. The molecule has 0 radical (unpaired) electrons. The first-order valence-electron chi connectivity index (χ1n) is 16.6. The zero-order chi connectivity index (χ0) is 35.2.